The van der Waals surface area contributed by atoms with Gasteiger partial charge < -0.3 is 18.8 Å². The van der Waals surface area contributed by atoms with Crippen LogP contribution in [0.5, 0.6) is 11.5 Å². The summed E-state index contributed by atoms with van der Waals surface area (Å²) in [6.07, 6.45) is 1.85. The van der Waals surface area contributed by atoms with Crippen LogP contribution in [-0.2, 0) is 27.8 Å². The summed E-state index contributed by atoms with van der Waals surface area (Å²) in [5.74, 6) is -0.455. The first kappa shape index (κ1) is 20.1. The van der Waals surface area contributed by atoms with Gasteiger partial charge in [0.05, 0.1) is 24.2 Å². The van der Waals surface area contributed by atoms with Gasteiger partial charge in [-0.3, -0.25) is 0 Å². The Bertz CT molecular complexity index is 831. The van der Waals surface area contributed by atoms with Crippen LogP contribution in [-0.4, -0.2) is 32.6 Å². The Morgan fingerprint density at radius 2 is 1.58 bits per heavy atom. The molecule has 0 saturated carbocycles. The molecule has 6 nitrogen and oxygen atoms in total. The van der Waals surface area contributed by atoms with Crippen LogP contribution in [0.1, 0.15) is 11.1 Å². The number of carbonyl (C=O) groups is 1. The number of hydrogen-bond acceptors (Lipinski definition) is 6. The van der Waals surface area contributed by atoms with Crippen molar-refractivity contribution < 1.29 is 27.2 Å². The van der Waals surface area contributed by atoms with Crippen molar-refractivity contribution in [3.8, 4) is 11.5 Å². The van der Waals surface area contributed by atoms with Crippen molar-refractivity contribution in [1.82, 2.24) is 0 Å². The first-order valence-electron chi connectivity index (χ1n) is 7.78. The lowest BCUT2D eigenvalue weighted by molar-refractivity contribution is -0.305. The van der Waals surface area contributed by atoms with Crippen molar-refractivity contribution in [1.29, 1.82) is 0 Å². The van der Waals surface area contributed by atoms with Crippen molar-refractivity contribution in [2.24, 2.45) is 0 Å². The van der Waals surface area contributed by atoms with E-state index in [9.17, 15) is 18.3 Å². The molecule has 140 valence electrons. The van der Waals surface area contributed by atoms with E-state index in [0.29, 0.717) is 18.8 Å². The third kappa shape index (κ3) is 6.93. The smallest absolute Gasteiger partial charge is 0.306 e. The molecular weight excluding hydrogens is 380 g/mol. The van der Waals surface area contributed by atoms with Crippen molar-refractivity contribution in [2.45, 2.75) is 18.2 Å². The Morgan fingerprint density at radius 1 is 1.04 bits per heavy atom. The maximum absolute atomic E-state index is 11.0. The maximum atomic E-state index is 11.0. The van der Waals surface area contributed by atoms with E-state index in [-0.39, 0.29) is 12.2 Å². The predicted octanol–water partition coefficient (Wildman–Crippen LogP) is 1.55. The summed E-state index contributed by atoms with van der Waals surface area (Å²) in [5, 5.41) is 9.60. The Hall–Kier alpha value is -2.25. The summed E-state index contributed by atoms with van der Waals surface area (Å²) in [7, 11) is -3.54. The normalized spacial score (nSPS) is 12.4. The summed E-state index contributed by atoms with van der Waals surface area (Å²) in [5.41, 5.74) is 1.85. The van der Waals surface area contributed by atoms with Crippen molar-refractivity contribution in [3.05, 3.63) is 59.7 Å². The molecule has 0 amide bonds. The third-order valence-electron chi connectivity index (χ3n) is 3.42. The zero-order chi connectivity index (χ0) is 19.2. The van der Waals surface area contributed by atoms with Gasteiger partial charge >= 0.3 is 10.1 Å². The largest absolute Gasteiger partial charge is 0.549 e. The molecule has 1 unspecified atom stereocenters. The van der Waals surface area contributed by atoms with Gasteiger partial charge in [0.15, 0.2) is 0 Å². The molecule has 2 rings (SSSR count). The number of rotatable bonds is 9. The molecule has 0 bridgehead atoms. The molecule has 0 aromatic heterocycles. The van der Waals surface area contributed by atoms with Crippen LogP contribution >= 0.6 is 11.6 Å². The fraction of sp³-hybridized carbons (Fsp3) is 0.278. The number of ether oxygens (including phenoxy) is 1. The van der Waals surface area contributed by atoms with Gasteiger partial charge in [-0.05, 0) is 41.8 Å². The van der Waals surface area contributed by atoms with Gasteiger partial charge in [0.2, 0.25) is 0 Å². The molecule has 0 aliphatic carbocycles. The Labute approximate surface area is 157 Å². The number of hydrogen-bond donors (Lipinski definition) is 0. The van der Waals surface area contributed by atoms with Crippen LogP contribution < -0.4 is 14.0 Å². The van der Waals surface area contributed by atoms with E-state index in [1.807, 2.05) is 24.3 Å². The molecule has 0 radical (unpaired) electrons. The molecule has 0 aliphatic heterocycles. The van der Waals surface area contributed by atoms with E-state index in [1.54, 1.807) is 12.1 Å². The molecule has 2 aromatic carbocycles. The standard InChI is InChI=1S/C18H19ClO6S/c1-26(22,23)25-16-8-6-15(7-9-16)24-11-10-13-2-4-14(5-3-13)12-17(19)18(20)21/h2-9,17H,10-12H2,1H3,(H,20,21)/p-1. The molecule has 0 saturated heterocycles. The Kier molecular flexibility index (Phi) is 6.88. The van der Waals surface area contributed by atoms with Crippen molar-refractivity contribution in [3.63, 3.8) is 0 Å². The minimum Gasteiger partial charge on any atom is -0.549 e. The van der Waals surface area contributed by atoms with E-state index in [0.717, 1.165) is 17.4 Å². The van der Waals surface area contributed by atoms with Gasteiger partial charge in [-0.1, -0.05) is 24.3 Å². The number of carbonyl (C=O) groups excluding carboxylic acids is 1. The van der Waals surface area contributed by atoms with Crippen molar-refractivity contribution >= 4 is 27.7 Å². The predicted molar refractivity (Wildman–Crippen MR) is 95.9 cm³/mol. The molecule has 26 heavy (non-hydrogen) atoms. The fourth-order valence-electron chi connectivity index (χ4n) is 2.19. The van der Waals surface area contributed by atoms with Gasteiger partial charge in [-0.2, -0.15) is 8.42 Å². The summed E-state index contributed by atoms with van der Waals surface area (Å²) < 4.78 is 32.4. The second-order valence-corrected chi connectivity index (χ2v) is 7.77. The second-order valence-electron chi connectivity index (χ2n) is 5.66. The molecule has 0 fully saturated rings. The summed E-state index contributed by atoms with van der Waals surface area (Å²) >= 11 is 5.66. The van der Waals surface area contributed by atoms with E-state index in [2.05, 4.69) is 0 Å². The summed E-state index contributed by atoms with van der Waals surface area (Å²) in [6, 6.07) is 13.7. The number of carboxylic acids is 1. The van der Waals surface area contributed by atoms with Gasteiger partial charge in [-0.15, -0.1) is 11.6 Å². The molecule has 8 heteroatoms. The SMILES string of the molecule is CS(=O)(=O)Oc1ccc(OCCc2ccc(CC(Cl)C(=O)[O-])cc2)cc1. The van der Waals surface area contributed by atoms with Gasteiger partial charge in [0.1, 0.15) is 11.5 Å². The molecule has 1 atom stereocenters. The molecule has 0 spiro atoms. The topological polar surface area (TPSA) is 92.7 Å². The molecule has 0 N–H and O–H groups in total. The minimum absolute atomic E-state index is 0.211. The highest BCUT2D eigenvalue weighted by Crippen LogP contribution is 2.19. The minimum atomic E-state index is -3.54. The average molecular weight is 398 g/mol. The number of aliphatic carboxylic acids is 1. The Balaban J connectivity index is 1.81. The zero-order valence-electron chi connectivity index (χ0n) is 14.1. The zero-order valence-corrected chi connectivity index (χ0v) is 15.6. The van der Waals surface area contributed by atoms with E-state index < -0.39 is 21.5 Å². The van der Waals surface area contributed by atoms with Crippen LogP contribution in [0.3, 0.4) is 0 Å². The van der Waals surface area contributed by atoms with Crippen molar-refractivity contribution in [2.75, 3.05) is 12.9 Å². The highest BCUT2D eigenvalue weighted by atomic mass is 35.5. The van der Waals surface area contributed by atoms with Gasteiger partial charge in [-0.25, -0.2) is 0 Å². The maximum Gasteiger partial charge on any atom is 0.306 e. The monoisotopic (exact) mass is 397 g/mol. The number of carboxylic acid groups (broad SMARTS) is 1. The van der Waals surface area contributed by atoms with Crippen LogP contribution in [0.25, 0.3) is 0 Å². The first-order valence-corrected chi connectivity index (χ1v) is 10.0. The highest BCUT2D eigenvalue weighted by Gasteiger charge is 2.07. The van der Waals surface area contributed by atoms with E-state index >= 15 is 0 Å². The molecule has 0 aliphatic rings. The first-order chi connectivity index (χ1) is 12.2. The summed E-state index contributed by atoms with van der Waals surface area (Å²) in [4.78, 5) is 10.6. The molecule has 0 heterocycles. The second kappa shape index (κ2) is 8.91. The van der Waals surface area contributed by atoms with E-state index in [4.69, 9.17) is 20.5 Å². The summed E-state index contributed by atoms with van der Waals surface area (Å²) in [6.45, 7) is 0.433. The molecule has 2 aromatic rings. The van der Waals surface area contributed by atoms with Gasteiger partial charge in [0, 0.05) is 6.42 Å². The lowest BCUT2D eigenvalue weighted by Gasteiger charge is -2.11. The number of alkyl halides is 1. The highest BCUT2D eigenvalue weighted by molar-refractivity contribution is 7.86. The molecular formula is C18H18ClO6S-. The number of halogens is 1. The quantitative estimate of drug-likeness (QED) is 0.470. The van der Waals surface area contributed by atoms with Crippen LogP contribution in [0.15, 0.2) is 48.5 Å². The van der Waals surface area contributed by atoms with Crippen LogP contribution in [0.4, 0.5) is 0 Å². The van der Waals surface area contributed by atoms with Crippen LogP contribution in [0.2, 0.25) is 0 Å². The average Bonchev–Trinajstić information content (AvgIpc) is 2.56. The lowest BCUT2D eigenvalue weighted by atomic mass is 10.1. The number of benzene rings is 2. The van der Waals surface area contributed by atoms with Crippen LogP contribution in [0, 0.1) is 0 Å². The van der Waals surface area contributed by atoms with E-state index in [1.165, 1.54) is 12.1 Å². The fourth-order valence-corrected chi connectivity index (χ4v) is 2.82. The lowest BCUT2D eigenvalue weighted by Crippen LogP contribution is -2.33. The van der Waals surface area contributed by atoms with Gasteiger partial charge in [0.25, 0.3) is 0 Å². The third-order valence-corrected chi connectivity index (χ3v) is 4.25. The Morgan fingerprint density at radius 3 is 2.12 bits per heavy atom.